The Hall–Kier alpha value is -8.22. The van der Waals surface area contributed by atoms with Crippen LogP contribution in [0.2, 0.25) is 0 Å². The van der Waals surface area contributed by atoms with Gasteiger partial charge in [0.15, 0.2) is 0 Å². The molecule has 3 aliphatic rings. The van der Waals surface area contributed by atoms with E-state index in [1.54, 1.807) is 66.7 Å². The standard InChI is InChI=1S/C56H58N8O10/c1-5-73-44-20-17-41-49-35(44)11-8-14-38(49)51(67)62(54(41)70)30-25-58-46(65)22-27-61(32-33-64-53(69)37-13-7-10-34-43(57-24-29-60(3)4)19-16-40(48(34)37)56(64)72)28-23-47(66)59-26-31-63-52(68)39-15-9-12-36-45(74-6-2)21-18-42(50(36)39)55(63)71/h7-21,57H,5-6,22-33H2,1-4H3,(H,58,65)(H,59,66). The SMILES string of the molecule is CCOc1ccc2c3c(cccc13)C(=O)N(CCNC(=O)CCN(CCC(=O)NCCN1C(=O)c3cccc4c(OCC)ccc(c34)C1=O)CCN1C(=O)c3cccc4c(NCCN(C)C)ccc(c34)C1=O)C2=O. The number of rotatable bonds is 23. The van der Waals surface area contributed by atoms with Gasteiger partial charge in [0.05, 0.1) is 13.2 Å². The molecule has 0 spiro atoms. The lowest BCUT2D eigenvalue weighted by Gasteiger charge is -2.30. The summed E-state index contributed by atoms with van der Waals surface area (Å²) in [4.78, 5) is 117. The molecule has 3 aliphatic heterocycles. The van der Waals surface area contributed by atoms with Crippen molar-refractivity contribution in [2.45, 2.75) is 26.7 Å². The van der Waals surface area contributed by atoms with Gasteiger partial charge in [0.1, 0.15) is 11.5 Å². The number of benzene rings is 6. The molecule has 0 fully saturated rings. The minimum Gasteiger partial charge on any atom is -0.493 e. The predicted octanol–water partition coefficient (Wildman–Crippen LogP) is 5.42. The van der Waals surface area contributed by atoms with E-state index in [1.165, 1.54) is 4.90 Å². The molecule has 18 nitrogen and oxygen atoms in total. The van der Waals surface area contributed by atoms with Crippen LogP contribution in [0.25, 0.3) is 32.3 Å². The number of hydrogen-bond donors (Lipinski definition) is 3. The van der Waals surface area contributed by atoms with Gasteiger partial charge in [-0.05, 0) is 82.5 Å². The summed E-state index contributed by atoms with van der Waals surface area (Å²) in [6.45, 7) is 6.09. The Bertz CT molecular complexity index is 3070. The van der Waals surface area contributed by atoms with Crippen molar-refractivity contribution in [1.29, 1.82) is 0 Å². The van der Waals surface area contributed by atoms with Crippen molar-refractivity contribution in [3.05, 3.63) is 124 Å². The van der Waals surface area contributed by atoms with Crippen LogP contribution in [0.5, 0.6) is 11.5 Å². The van der Waals surface area contributed by atoms with E-state index in [0.29, 0.717) is 91.6 Å². The van der Waals surface area contributed by atoms with Crippen LogP contribution in [0.3, 0.4) is 0 Å². The van der Waals surface area contributed by atoms with Gasteiger partial charge in [-0.2, -0.15) is 0 Å². The molecule has 0 atom stereocenters. The molecule has 6 aromatic carbocycles. The van der Waals surface area contributed by atoms with Gasteiger partial charge in [-0.3, -0.25) is 53.1 Å². The number of hydrogen-bond acceptors (Lipinski definition) is 13. The summed E-state index contributed by atoms with van der Waals surface area (Å²) in [6.07, 6.45) is -0.113. The number of nitrogens with one attached hydrogen (secondary N) is 3. The maximum absolute atomic E-state index is 14.1. The molecule has 3 N–H and O–H groups in total. The van der Waals surface area contributed by atoms with Crippen molar-refractivity contribution >= 4 is 85.3 Å². The first-order valence-corrected chi connectivity index (χ1v) is 25.0. The van der Waals surface area contributed by atoms with Gasteiger partial charge in [0.25, 0.3) is 35.4 Å². The molecule has 3 heterocycles. The second-order valence-corrected chi connectivity index (χ2v) is 18.5. The van der Waals surface area contributed by atoms with Gasteiger partial charge in [0.2, 0.25) is 11.8 Å². The zero-order valence-electron chi connectivity index (χ0n) is 41.9. The Morgan fingerprint density at radius 3 is 1.28 bits per heavy atom. The third-order valence-electron chi connectivity index (χ3n) is 13.6. The summed E-state index contributed by atoms with van der Waals surface area (Å²) >= 11 is 0. The Morgan fingerprint density at radius 2 is 0.851 bits per heavy atom. The van der Waals surface area contributed by atoms with Crippen LogP contribution < -0.4 is 25.4 Å². The third kappa shape index (κ3) is 9.85. The lowest BCUT2D eigenvalue weighted by Crippen LogP contribution is -2.46. The van der Waals surface area contributed by atoms with Crippen molar-refractivity contribution in [1.82, 2.24) is 35.1 Å². The van der Waals surface area contributed by atoms with Crippen LogP contribution in [0, 0.1) is 0 Å². The summed E-state index contributed by atoms with van der Waals surface area (Å²) in [5.41, 5.74) is 3.04. The molecule has 0 aliphatic carbocycles. The molecule has 382 valence electrons. The van der Waals surface area contributed by atoms with Gasteiger partial charge in [-0.25, -0.2) is 0 Å². The molecule has 18 heteroatoms. The van der Waals surface area contributed by atoms with Crippen LogP contribution in [-0.4, -0.2) is 165 Å². The van der Waals surface area contributed by atoms with Crippen molar-refractivity contribution in [3.63, 3.8) is 0 Å². The van der Waals surface area contributed by atoms with Gasteiger partial charge >= 0.3 is 0 Å². The maximum Gasteiger partial charge on any atom is 0.261 e. The molecule has 6 aromatic rings. The zero-order valence-corrected chi connectivity index (χ0v) is 41.9. The topological polar surface area (TPSA) is 207 Å². The highest BCUT2D eigenvalue weighted by atomic mass is 16.5. The van der Waals surface area contributed by atoms with Crippen molar-refractivity contribution in [2.24, 2.45) is 0 Å². The van der Waals surface area contributed by atoms with E-state index in [2.05, 4.69) is 16.0 Å². The smallest absolute Gasteiger partial charge is 0.261 e. The van der Waals surface area contributed by atoms with Crippen molar-refractivity contribution in [2.75, 3.05) is 98.1 Å². The van der Waals surface area contributed by atoms with Crippen LogP contribution in [0.1, 0.15) is 88.8 Å². The zero-order chi connectivity index (χ0) is 52.2. The van der Waals surface area contributed by atoms with Gasteiger partial charge in [-0.1, -0.05) is 36.4 Å². The fourth-order valence-electron chi connectivity index (χ4n) is 10.0. The Morgan fingerprint density at radius 1 is 0.459 bits per heavy atom. The summed E-state index contributed by atoms with van der Waals surface area (Å²) in [7, 11) is 3.95. The average molecular weight is 1000 g/mol. The largest absolute Gasteiger partial charge is 0.493 e. The lowest BCUT2D eigenvalue weighted by atomic mass is 9.93. The first-order valence-electron chi connectivity index (χ1n) is 25.0. The predicted molar refractivity (Wildman–Crippen MR) is 279 cm³/mol. The monoisotopic (exact) mass is 1000 g/mol. The molecular formula is C56H58N8O10. The number of likely N-dealkylation sites (N-methyl/N-ethyl adjacent to an activating group) is 1. The van der Waals surface area contributed by atoms with E-state index in [0.717, 1.165) is 27.4 Å². The lowest BCUT2D eigenvalue weighted by molar-refractivity contribution is -0.121. The summed E-state index contributed by atoms with van der Waals surface area (Å²) in [6, 6.07) is 26.1. The van der Waals surface area contributed by atoms with Crippen molar-refractivity contribution in [3.8, 4) is 11.5 Å². The molecule has 0 aromatic heterocycles. The van der Waals surface area contributed by atoms with Gasteiger partial charge < -0.3 is 35.2 Å². The molecule has 0 bridgehead atoms. The first-order chi connectivity index (χ1) is 35.8. The van der Waals surface area contributed by atoms with Crippen molar-refractivity contribution < 1.29 is 47.8 Å². The van der Waals surface area contributed by atoms with Crippen LogP contribution in [0.15, 0.2) is 91.0 Å². The van der Waals surface area contributed by atoms with E-state index in [1.807, 2.05) is 62.0 Å². The van der Waals surface area contributed by atoms with Crippen LogP contribution >= 0.6 is 0 Å². The van der Waals surface area contributed by atoms with E-state index >= 15 is 0 Å². The molecule has 9 rings (SSSR count). The van der Waals surface area contributed by atoms with E-state index in [4.69, 9.17) is 9.47 Å². The minimum absolute atomic E-state index is 0.0211. The second kappa shape index (κ2) is 21.9. The number of ether oxygens (including phenoxy) is 2. The fourth-order valence-corrected chi connectivity index (χ4v) is 10.0. The number of nitrogens with zero attached hydrogens (tertiary/aromatic N) is 5. The van der Waals surface area contributed by atoms with E-state index in [-0.39, 0.29) is 77.0 Å². The number of amides is 8. The molecule has 74 heavy (non-hydrogen) atoms. The molecule has 8 amide bonds. The Labute approximate surface area is 427 Å². The first kappa shape index (κ1) is 50.7. The molecule has 0 radical (unpaired) electrons. The summed E-state index contributed by atoms with van der Waals surface area (Å²) < 4.78 is 11.5. The Kier molecular flexibility index (Phi) is 15.0. The van der Waals surface area contributed by atoms with Crippen LogP contribution in [-0.2, 0) is 9.59 Å². The highest BCUT2D eigenvalue weighted by Crippen LogP contribution is 2.38. The molecular weight excluding hydrogens is 945 g/mol. The second-order valence-electron chi connectivity index (χ2n) is 18.5. The quantitative estimate of drug-likeness (QED) is 0.0687. The highest BCUT2D eigenvalue weighted by Gasteiger charge is 2.36. The minimum atomic E-state index is -0.480. The van der Waals surface area contributed by atoms with Gasteiger partial charge in [0, 0.05) is 150 Å². The Balaban J connectivity index is 0.842. The van der Waals surface area contributed by atoms with E-state index in [9.17, 15) is 38.4 Å². The third-order valence-corrected chi connectivity index (χ3v) is 13.6. The molecule has 0 saturated heterocycles. The number of imide groups is 3. The summed E-state index contributed by atoms with van der Waals surface area (Å²) in [5.74, 6) is -2.46. The number of anilines is 1. The normalized spacial score (nSPS) is 14.1. The highest BCUT2D eigenvalue weighted by molar-refractivity contribution is 6.28. The number of carbonyl (C=O) groups is 8. The van der Waals surface area contributed by atoms with E-state index < -0.39 is 35.4 Å². The molecule has 0 saturated carbocycles. The van der Waals surface area contributed by atoms with Gasteiger partial charge in [-0.15, -0.1) is 0 Å². The molecule has 0 unspecified atom stereocenters. The fraction of sp³-hybridized carbons (Fsp3) is 0.321. The summed E-state index contributed by atoms with van der Waals surface area (Å²) in [5, 5.41) is 12.8. The van der Waals surface area contributed by atoms with Crippen LogP contribution in [0.4, 0.5) is 5.69 Å². The average Bonchev–Trinajstić information content (AvgIpc) is 3.41. The maximum atomic E-state index is 14.1. The number of carbonyl (C=O) groups excluding carboxylic acids is 8.